The topological polar surface area (TPSA) is 26.0 Å². The summed E-state index contributed by atoms with van der Waals surface area (Å²) in [6.45, 7) is 5.99. The summed E-state index contributed by atoms with van der Waals surface area (Å²) in [7, 11) is 0. The van der Waals surface area contributed by atoms with E-state index in [0.717, 1.165) is 12.8 Å². The zero-order valence-corrected chi connectivity index (χ0v) is 9.58. The standard InChI is InChI=1S/C14H21N/c1-3-5-12-14(15,11-4-2)13-9-7-6-8-10-13/h4,6-10H,2-3,5,11-12,15H2,1H3. The maximum absolute atomic E-state index is 6.44. The van der Waals surface area contributed by atoms with Crippen LogP contribution in [0.3, 0.4) is 0 Å². The van der Waals surface area contributed by atoms with Crippen molar-refractivity contribution in [3.05, 3.63) is 48.6 Å². The van der Waals surface area contributed by atoms with Crippen LogP contribution < -0.4 is 5.73 Å². The Labute approximate surface area is 93.0 Å². The Balaban J connectivity index is 2.85. The highest BCUT2D eigenvalue weighted by Crippen LogP contribution is 2.28. The van der Waals surface area contributed by atoms with E-state index < -0.39 is 0 Å². The first-order chi connectivity index (χ1) is 7.23. The summed E-state index contributed by atoms with van der Waals surface area (Å²) in [5, 5.41) is 0. The molecule has 1 aromatic rings. The summed E-state index contributed by atoms with van der Waals surface area (Å²) < 4.78 is 0. The Kier molecular flexibility index (Phi) is 4.57. The van der Waals surface area contributed by atoms with Crippen LogP contribution in [0.15, 0.2) is 43.0 Å². The molecule has 0 aliphatic heterocycles. The van der Waals surface area contributed by atoms with Gasteiger partial charge in [-0.2, -0.15) is 0 Å². The highest BCUT2D eigenvalue weighted by Gasteiger charge is 2.24. The molecule has 0 saturated carbocycles. The molecular weight excluding hydrogens is 182 g/mol. The molecule has 0 aliphatic carbocycles. The van der Waals surface area contributed by atoms with Crippen molar-refractivity contribution < 1.29 is 0 Å². The lowest BCUT2D eigenvalue weighted by molar-refractivity contribution is 0.398. The summed E-state index contributed by atoms with van der Waals surface area (Å²) in [6.07, 6.45) is 6.14. The van der Waals surface area contributed by atoms with Crippen LogP contribution in [-0.4, -0.2) is 0 Å². The van der Waals surface area contributed by atoms with E-state index in [0.29, 0.717) is 0 Å². The zero-order valence-electron chi connectivity index (χ0n) is 9.58. The van der Waals surface area contributed by atoms with Crippen molar-refractivity contribution in [1.29, 1.82) is 0 Å². The van der Waals surface area contributed by atoms with Gasteiger partial charge in [-0.05, 0) is 18.4 Å². The van der Waals surface area contributed by atoms with Crippen molar-refractivity contribution >= 4 is 0 Å². The van der Waals surface area contributed by atoms with Gasteiger partial charge >= 0.3 is 0 Å². The third kappa shape index (κ3) is 3.21. The molecule has 0 amide bonds. The molecule has 1 nitrogen and oxygen atoms in total. The van der Waals surface area contributed by atoms with Crippen LogP contribution in [0.4, 0.5) is 0 Å². The molecule has 0 bridgehead atoms. The molecule has 0 aliphatic rings. The zero-order chi connectivity index (χ0) is 11.1. The second-order valence-corrected chi connectivity index (χ2v) is 4.12. The van der Waals surface area contributed by atoms with Gasteiger partial charge in [-0.1, -0.05) is 56.2 Å². The van der Waals surface area contributed by atoms with Crippen LogP contribution in [-0.2, 0) is 5.54 Å². The Hall–Kier alpha value is -1.08. The van der Waals surface area contributed by atoms with Gasteiger partial charge < -0.3 is 5.73 Å². The van der Waals surface area contributed by atoms with Gasteiger partial charge in [-0.15, -0.1) is 6.58 Å². The fourth-order valence-corrected chi connectivity index (χ4v) is 1.88. The van der Waals surface area contributed by atoms with Crippen molar-refractivity contribution in [2.75, 3.05) is 0 Å². The van der Waals surface area contributed by atoms with Crippen molar-refractivity contribution in [2.45, 2.75) is 38.1 Å². The lowest BCUT2D eigenvalue weighted by Gasteiger charge is -2.29. The molecule has 1 atom stereocenters. The third-order valence-corrected chi connectivity index (χ3v) is 2.83. The van der Waals surface area contributed by atoms with Crippen molar-refractivity contribution in [3.63, 3.8) is 0 Å². The second kappa shape index (κ2) is 5.72. The van der Waals surface area contributed by atoms with Crippen LogP contribution in [0.25, 0.3) is 0 Å². The SMILES string of the molecule is C=CCC(N)(CCCC)c1ccccc1. The van der Waals surface area contributed by atoms with E-state index in [1.807, 2.05) is 24.3 Å². The van der Waals surface area contributed by atoms with E-state index in [4.69, 9.17) is 5.73 Å². The molecular formula is C14H21N. The summed E-state index contributed by atoms with van der Waals surface area (Å²) in [4.78, 5) is 0. The molecule has 2 N–H and O–H groups in total. The van der Waals surface area contributed by atoms with Crippen LogP contribution in [0.2, 0.25) is 0 Å². The Morgan fingerprint density at radius 3 is 2.53 bits per heavy atom. The quantitative estimate of drug-likeness (QED) is 0.702. The second-order valence-electron chi connectivity index (χ2n) is 4.12. The number of nitrogens with two attached hydrogens (primary N) is 1. The van der Waals surface area contributed by atoms with Gasteiger partial charge in [0.1, 0.15) is 0 Å². The van der Waals surface area contributed by atoms with Gasteiger partial charge in [-0.25, -0.2) is 0 Å². The first-order valence-electron chi connectivity index (χ1n) is 5.68. The number of unbranched alkanes of at least 4 members (excludes halogenated alkanes) is 1. The fraction of sp³-hybridized carbons (Fsp3) is 0.429. The predicted molar refractivity (Wildman–Crippen MR) is 66.6 cm³/mol. The van der Waals surface area contributed by atoms with E-state index in [9.17, 15) is 0 Å². The maximum atomic E-state index is 6.44. The smallest absolute Gasteiger partial charge is 0.0444 e. The fourth-order valence-electron chi connectivity index (χ4n) is 1.88. The minimum atomic E-state index is -0.223. The van der Waals surface area contributed by atoms with Crippen LogP contribution in [0.1, 0.15) is 38.2 Å². The highest BCUT2D eigenvalue weighted by molar-refractivity contribution is 5.24. The summed E-state index contributed by atoms with van der Waals surface area (Å²) in [5.41, 5.74) is 7.44. The van der Waals surface area contributed by atoms with Crippen LogP contribution in [0.5, 0.6) is 0 Å². The first-order valence-corrected chi connectivity index (χ1v) is 5.68. The van der Waals surface area contributed by atoms with E-state index >= 15 is 0 Å². The van der Waals surface area contributed by atoms with E-state index in [1.165, 1.54) is 18.4 Å². The molecule has 0 aromatic heterocycles. The van der Waals surface area contributed by atoms with Gasteiger partial charge in [0.25, 0.3) is 0 Å². The number of rotatable bonds is 6. The van der Waals surface area contributed by atoms with E-state index in [-0.39, 0.29) is 5.54 Å². The molecule has 1 aromatic carbocycles. The lowest BCUT2D eigenvalue weighted by Crippen LogP contribution is -2.36. The number of hydrogen-bond donors (Lipinski definition) is 1. The van der Waals surface area contributed by atoms with Gasteiger partial charge in [-0.3, -0.25) is 0 Å². The monoisotopic (exact) mass is 203 g/mol. The Morgan fingerprint density at radius 1 is 1.33 bits per heavy atom. The largest absolute Gasteiger partial charge is 0.321 e. The van der Waals surface area contributed by atoms with Crippen LogP contribution in [0, 0.1) is 0 Å². The third-order valence-electron chi connectivity index (χ3n) is 2.83. The summed E-state index contributed by atoms with van der Waals surface area (Å²) in [6, 6.07) is 10.3. The van der Waals surface area contributed by atoms with Crippen molar-refractivity contribution in [3.8, 4) is 0 Å². The molecule has 0 radical (unpaired) electrons. The molecule has 82 valence electrons. The molecule has 0 spiro atoms. The van der Waals surface area contributed by atoms with Crippen molar-refractivity contribution in [1.82, 2.24) is 0 Å². The molecule has 0 heterocycles. The van der Waals surface area contributed by atoms with E-state index in [1.54, 1.807) is 0 Å². The maximum Gasteiger partial charge on any atom is 0.0444 e. The Bertz CT molecular complexity index is 291. The van der Waals surface area contributed by atoms with Gasteiger partial charge in [0.05, 0.1) is 0 Å². The Morgan fingerprint density at radius 2 is 2.00 bits per heavy atom. The highest BCUT2D eigenvalue weighted by atomic mass is 14.7. The van der Waals surface area contributed by atoms with Gasteiger partial charge in [0.15, 0.2) is 0 Å². The predicted octanol–water partition coefficient (Wildman–Crippen LogP) is 3.61. The molecule has 1 rings (SSSR count). The lowest BCUT2D eigenvalue weighted by atomic mass is 9.83. The summed E-state index contributed by atoms with van der Waals surface area (Å²) >= 11 is 0. The molecule has 1 unspecified atom stereocenters. The van der Waals surface area contributed by atoms with Gasteiger partial charge in [0.2, 0.25) is 0 Å². The average Bonchev–Trinajstić information content (AvgIpc) is 2.28. The summed E-state index contributed by atoms with van der Waals surface area (Å²) in [5.74, 6) is 0. The molecule has 15 heavy (non-hydrogen) atoms. The number of hydrogen-bond acceptors (Lipinski definition) is 1. The van der Waals surface area contributed by atoms with E-state index in [2.05, 4.69) is 25.6 Å². The van der Waals surface area contributed by atoms with Crippen molar-refractivity contribution in [2.24, 2.45) is 5.73 Å². The molecule has 1 heteroatoms. The van der Waals surface area contributed by atoms with Crippen LogP contribution >= 0.6 is 0 Å². The van der Waals surface area contributed by atoms with Gasteiger partial charge in [0, 0.05) is 5.54 Å². The molecule has 0 fully saturated rings. The minimum absolute atomic E-state index is 0.223. The first kappa shape index (κ1) is 12.0. The average molecular weight is 203 g/mol. The molecule has 0 saturated heterocycles. The minimum Gasteiger partial charge on any atom is -0.321 e. The number of benzene rings is 1. The normalized spacial score (nSPS) is 14.5.